The number of carbonyl (C=O) groups is 1. The molecule has 0 aliphatic carbocycles. The number of halogens is 4. The van der Waals surface area contributed by atoms with E-state index in [0.717, 1.165) is 18.6 Å². The standard InChI is InChI=1S/C21H18BrF3N2O3/c1-3-7-30-19-11-17(22)13(9-18(19)29-2)8-14(12-26)20(28)27-16-6-4-5-15(10-16)21(23,24)25/h4-6,8-11H,3,7H2,1-2H3,(H,27,28)/b14-8+. The van der Waals surface area contributed by atoms with Gasteiger partial charge >= 0.3 is 6.18 Å². The second kappa shape index (κ2) is 10.2. The number of anilines is 1. The van der Waals surface area contributed by atoms with Crippen LogP contribution in [0.25, 0.3) is 6.08 Å². The molecular formula is C21H18BrF3N2O3. The molecule has 0 aliphatic rings. The maximum absolute atomic E-state index is 12.8. The number of rotatable bonds is 7. The Morgan fingerprint density at radius 1 is 1.27 bits per heavy atom. The van der Waals surface area contributed by atoms with Gasteiger partial charge in [-0.15, -0.1) is 0 Å². The van der Waals surface area contributed by atoms with Crippen molar-refractivity contribution in [3.05, 3.63) is 57.6 Å². The Morgan fingerprint density at radius 2 is 2.00 bits per heavy atom. The normalized spacial score (nSPS) is 11.6. The number of ether oxygens (including phenoxy) is 2. The van der Waals surface area contributed by atoms with Crippen molar-refractivity contribution in [1.82, 2.24) is 0 Å². The van der Waals surface area contributed by atoms with E-state index >= 15 is 0 Å². The highest BCUT2D eigenvalue weighted by atomic mass is 79.9. The molecule has 2 aromatic rings. The fraction of sp³-hybridized carbons (Fsp3) is 0.238. The number of nitrogens with zero attached hydrogens (tertiary/aromatic N) is 1. The third kappa shape index (κ3) is 6.00. The molecule has 0 fully saturated rings. The molecule has 0 heterocycles. The molecule has 158 valence electrons. The molecule has 9 heteroatoms. The zero-order valence-electron chi connectivity index (χ0n) is 16.1. The van der Waals surface area contributed by atoms with Crippen LogP contribution in [-0.2, 0) is 11.0 Å². The minimum atomic E-state index is -4.54. The van der Waals surface area contributed by atoms with E-state index in [-0.39, 0.29) is 11.3 Å². The zero-order chi connectivity index (χ0) is 22.3. The van der Waals surface area contributed by atoms with Gasteiger partial charge in [-0.3, -0.25) is 4.79 Å². The molecule has 30 heavy (non-hydrogen) atoms. The molecule has 5 nitrogen and oxygen atoms in total. The Labute approximate surface area is 180 Å². The Kier molecular flexibility index (Phi) is 7.89. The highest BCUT2D eigenvalue weighted by molar-refractivity contribution is 9.10. The van der Waals surface area contributed by atoms with Gasteiger partial charge in [-0.2, -0.15) is 18.4 Å². The summed E-state index contributed by atoms with van der Waals surface area (Å²) in [5.74, 6) is 0.0674. The molecular weight excluding hydrogens is 465 g/mol. The van der Waals surface area contributed by atoms with Gasteiger partial charge in [-0.25, -0.2) is 0 Å². The summed E-state index contributed by atoms with van der Waals surface area (Å²) in [5, 5.41) is 11.7. The minimum absolute atomic E-state index is 0.0732. The van der Waals surface area contributed by atoms with Crippen LogP contribution >= 0.6 is 15.9 Å². The predicted octanol–water partition coefficient (Wildman–Crippen LogP) is 5.81. The Hall–Kier alpha value is -2.99. The lowest BCUT2D eigenvalue weighted by atomic mass is 10.1. The van der Waals surface area contributed by atoms with Gasteiger partial charge in [0.15, 0.2) is 11.5 Å². The number of benzene rings is 2. The molecule has 2 rings (SSSR count). The lowest BCUT2D eigenvalue weighted by molar-refractivity contribution is -0.137. The van der Waals surface area contributed by atoms with Crippen LogP contribution in [0.4, 0.5) is 18.9 Å². The number of hydrogen-bond acceptors (Lipinski definition) is 4. The fourth-order valence-corrected chi connectivity index (χ4v) is 2.86. The van der Waals surface area contributed by atoms with Crippen molar-refractivity contribution in [1.29, 1.82) is 5.26 Å². The van der Waals surface area contributed by atoms with Crippen LogP contribution in [0, 0.1) is 11.3 Å². The second-order valence-electron chi connectivity index (χ2n) is 6.08. The van der Waals surface area contributed by atoms with Crippen LogP contribution in [0.3, 0.4) is 0 Å². The van der Waals surface area contributed by atoms with E-state index in [1.807, 2.05) is 6.92 Å². The number of nitrogens with one attached hydrogen (secondary N) is 1. The average Bonchev–Trinajstić information content (AvgIpc) is 2.70. The number of amides is 1. The molecule has 0 spiro atoms. The third-order valence-electron chi connectivity index (χ3n) is 3.86. The number of alkyl halides is 3. The quantitative estimate of drug-likeness (QED) is 0.399. The first-order valence-corrected chi connectivity index (χ1v) is 9.59. The summed E-state index contributed by atoms with van der Waals surface area (Å²) in [7, 11) is 1.46. The van der Waals surface area contributed by atoms with Crippen LogP contribution in [-0.4, -0.2) is 19.6 Å². The molecule has 1 N–H and O–H groups in total. The molecule has 0 saturated carbocycles. The van der Waals surface area contributed by atoms with Gasteiger partial charge in [0.25, 0.3) is 5.91 Å². The molecule has 0 saturated heterocycles. The first-order chi connectivity index (χ1) is 14.2. The van der Waals surface area contributed by atoms with E-state index in [2.05, 4.69) is 21.2 Å². The van der Waals surface area contributed by atoms with Gasteiger partial charge < -0.3 is 14.8 Å². The van der Waals surface area contributed by atoms with E-state index in [0.29, 0.717) is 28.1 Å². The van der Waals surface area contributed by atoms with Gasteiger partial charge in [-0.05, 0) is 48.4 Å². The summed E-state index contributed by atoms with van der Waals surface area (Å²) in [5.41, 5.74) is -0.808. The van der Waals surface area contributed by atoms with E-state index < -0.39 is 17.6 Å². The van der Waals surface area contributed by atoms with Gasteiger partial charge in [-0.1, -0.05) is 28.9 Å². The van der Waals surface area contributed by atoms with Crippen LogP contribution in [0.5, 0.6) is 11.5 Å². The van der Waals surface area contributed by atoms with Crippen molar-refractivity contribution in [2.24, 2.45) is 0 Å². The van der Waals surface area contributed by atoms with Crippen LogP contribution in [0.2, 0.25) is 0 Å². The Morgan fingerprint density at radius 3 is 2.60 bits per heavy atom. The van der Waals surface area contributed by atoms with Gasteiger partial charge in [0.05, 0.1) is 19.3 Å². The summed E-state index contributed by atoms with van der Waals surface area (Å²) < 4.78 is 50.0. The first-order valence-electron chi connectivity index (χ1n) is 8.80. The molecule has 0 aliphatic heterocycles. The van der Waals surface area contributed by atoms with Crippen molar-refractivity contribution in [2.75, 3.05) is 19.0 Å². The molecule has 1 amide bonds. The third-order valence-corrected chi connectivity index (χ3v) is 4.54. The lowest BCUT2D eigenvalue weighted by Gasteiger charge is -2.12. The minimum Gasteiger partial charge on any atom is -0.493 e. The topological polar surface area (TPSA) is 71.3 Å². The highest BCUT2D eigenvalue weighted by Crippen LogP contribution is 2.35. The number of carbonyl (C=O) groups excluding carboxylic acids is 1. The van der Waals surface area contributed by atoms with Crippen molar-refractivity contribution in [3.8, 4) is 17.6 Å². The molecule has 0 unspecified atom stereocenters. The van der Waals surface area contributed by atoms with Crippen LogP contribution < -0.4 is 14.8 Å². The maximum atomic E-state index is 12.8. The smallest absolute Gasteiger partial charge is 0.416 e. The monoisotopic (exact) mass is 482 g/mol. The zero-order valence-corrected chi connectivity index (χ0v) is 17.7. The fourth-order valence-electron chi connectivity index (χ4n) is 2.42. The van der Waals surface area contributed by atoms with Crippen molar-refractivity contribution in [3.63, 3.8) is 0 Å². The lowest BCUT2D eigenvalue weighted by Crippen LogP contribution is -2.14. The summed E-state index contributed by atoms with van der Waals surface area (Å²) >= 11 is 3.36. The highest BCUT2D eigenvalue weighted by Gasteiger charge is 2.30. The molecule has 0 bridgehead atoms. The van der Waals surface area contributed by atoms with E-state index in [1.54, 1.807) is 18.2 Å². The summed E-state index contributed by atoms with van der Waals surface area (Å²) in [6.07, 6.45) is -2.44. The SMILES string of the molecule is CCCOc1cc(Br)c(/C=C(\C#N)C(=O)Nc2cccc(C(F)(F)F)c2)cc1OC. The maximum Gasteiger partial charge on any atom is 0.416 e. The average molecular weight is 483 g/mol. The number of methoxy groups -OCH3 is 1. The largest absolute Gasteiger partial charge is 0.493 e. The summed E-state index contributed by atoms with van der Waals surface area (Å²) in [4.78, 5) is 12.4. The van der Waals surface area contributed by atoms with Gasteiger partial charge in [0, 0.05) is 10.2 Å². The molecule has 0 aromatic heterocycles. The number of hydrogen-bond donors (Lipinski definition) is 1. The van der Waals surface area contributed by atoms with E-state index in [9.17, 15) is 23.2 Å². The van der Waals surface area contributed by atoms with Crippen LogP contribution in [0.15, 0.2) is 46.4 Å². The Balaban J connectivity index is 2.31. The van der Waals surface area contributed by atoms with Crippen molar-refractivity contribution < 1.29 is 27.4 Å². The van der Waals surface area contributed by atoms with Crippen molar-refractivity contribution in [2.45, 2.75) is 19.5 Å². The van der Waals surface area contributed by atoms with Crippen LogP contribution in [0.1, 0.15) is 24.5 Å². The van der Waals surface area contributed by atoms with E-state index in [4.69, 9.17) is 9.47 Å². The van der Waals surface area contributed by atoms with Crippen molar-refractivity contribution >= 4 is 33.6 Å². The van der Waals surface area contributed by atoms with Gasteiger partial charge in [0.2, 0.25) is 0 Å². The summed E-state index contributed by atoms with van der Waals surface area (Å²) in [6, 6.07) is 9.17. The molecule has 0 atom stereocenters. The van der Waals surface area contributed by atoms with Gasteiger partial charge in [0.1, 0.15) is 11.6 Å². The second-order valence-corrected chi connectivity index (χ2v) is 6.93. The molecule has 0 radical (unpaired) electrons. The Bertz CT molecular complexity index is 998. The predicted molar refractivity (Wildman–Crippen MR) is 110 cm³/mol. The molecule has 2 aromatic carbocycles. The summed E-state index contributed by atoms with van der Waals surface area (Å²) in [6.45, 7) is 2.45. The number of nitriles is 1. The first kappa shape index (κ1) is 23.3. The van der Waals surface area contributed by atoms with E-state index in [1.165, 1.54) is 25.3 Å².